The number of nitrogens with one attached hydrogen (secondary N) is 1. The summed E-state index contributed by atoms with van der Waals surface area (Å²) in [5, 5.41) is 3.77. The van der Waals surface area contributed by atoms with Crippen LogP contribution in [0, 0.1) is 0 Å². The molecule has 1 heterocycles. The van der Waals surface area contributed by atoms with E-state index in [1.54, 1.807) is 23.1 Å². The molecule has 2 aliphatic rings. The Kier molecular flexibility index (Phi) is 4.97. The van der Waals surface area contributed by atoms with Crippen molar-refractivity contribution in [3.63, 3.8) is 0 Å². The minimum Gasteiger partial charge on any atom is -0.484 e. The number of likely N-dealkylation sites (tertiary alicyclic amines) is 1. The fraction of sp³-hybridized carbons (Fsp3) is 0.500. The smallest absolute Gasteiger partial charge is 0.261 e. The standard InChI is InChI=1S/C16H18Cl2N2O3/c17-12-6-5-11(8-13(12)18)23-9-15(21)20-7-1-2-14(20)16(22)19-10-3-4-10/h5-6,8,10,14H,1-4,7,9H2,(H,19,22). The summed E-state index contributed by atoms with van der Waals surface area (Å²) in [7, 11) is 0. The molecule has 1 atom stereocenters. The maximum Gasteiger partial charge on any atom is 0.261 e. The van der Waals surface area contributed by atoms with Gasteiger partial charge in [0.25, 0.3) is 5.91 Å². The SMILES string of the molecule is O=C(NC1CC1)C1CCCN1C(=O)COc1ccc(Cl)c(Cl)c1. The molecule has 2 amide bonds. The van der Waals surface area contributed by atoms with Crippen LogP contribution in [0.25, 0.3) is 0 Å². The van der Waals surface area contributed by atoms with Crippen molar-refractivity contribution in [3.05, 3.63) is 28.2 Å². The minimum atomic E-state index is -0.375. The fourth-order valence-corrected chi connectivity index (χ4v) is 2.95. The Labute approximate surface area is 144 Å². The van der Waals surface area contributed by atoms with Gasteiger partial charge < -0.3 is 15.0 Å². The molecule has 1 aliphatic carbocycles. The molecule has 0 aromatic heterocycles. The van der Waals surface area contributed by atoms with Crippen LogP contribution in [0.4, 0.5) is 0 Å². The van der Waals surface area contributed by atoms with Crippen LogP contribution in [0.5, 0.6) is 5.75 Å². The van der Waals surface area contributed by atoms with E-state index in [0.717, 1.165) is 19.3 Å². The number of carbonyl (C=O) groups is 2. The van der Waals surface area contributed by atoms with Crippen molar-refractivity contribution >= 4 is 35.0 Å². The van der Waals surface area contributed by atoms with Crippen LogP contribution in [-0.2, 0) is 9.59 Å². The molecule has 1 aliphatic heterocycles. The molecule has 124 valence electrons. The van der Waals surface area contributed by atoms with Crippen molar-refractivity contribution in [3.8, 4) is 5.75 Å². The van der Waals surface area contributed by atoms with Crippen molar-refractivity contribution < 1.29 is 14.3 Å². The number of hydrogen-bond acceptors (Lipinski definition) is 3. The van der Waals surface area contributed by atoms with Crippen LogP contribution in [0.15, 0.2) is 18.2 Å². The van der Waals surface area contributed by atoms with E-state index in [2.05, 4.69) is 5.32 Å². The molecular formula is C16H18Cl2N2O3. The quantitative estimate of drug-likeness (QED) is 0.882. The highest BCUT2D eigenvalue weighted by Gasteiger charge is 2.36. The largest absolute Gasteiger partial charge is 0.484 e. The molecule has 1 aromatic carbocycles. The third-order valence-corrected chi connectivity index (χ3v) is 4.79. The van der Waals surface area contributed by atoms with Crippen molar-refractivity contribution in [2.45, 2.75) is 37.8 Å². The zero-order valence-electron chi connectivity index (χ0n) is 12.6. The monoisotopic (exact) mass is 356 g/mol. The van der Waals surface area contributed by atoms with Gasteiger partial charge in [0, 0.05) is 18.7 Å². The van der Waals surface area contributed by atoms with Gasteiger partial charge in [0.1, 0.15) is 11.8 Å². The first-order valence-corrected chi connectivity index (χ1v) is 8.48. The molecule has 23 heavy (non-hydrogen) atoms. The summed E-state index contributed by atoms with van der Waals surface area (Å²) in [6, 6.07) is 4.76. The predicted octanol–water partition coefficient (Wildman–Crippen LogP) is 2.64. The number of halogens is 2. The Balaban J connectivity index is 1.55. The van der Waals surface area contributed by atoms with Crippen LogP contribution in [-0.4, -0.2) is 41.9 Å². The summed E-state index contributed by atoms with van der Waals surface area (Å²) in [4.78, 5) is 26.1. The Morgan fingerprint density at radius 1 is 1.22 bits per heavy atom. The summed E-state index contributed by atoms with van der Waals surface area (Å²) in [5.74, 6) is 0.239. The van der Waals surface area contributed by atoms with Gasteiger partial charge in [-0.1, -0.05) is 23.2 Å². The molecule has 7 heteroatoms. The topological polar surface area (TPSA) is 58.6 Å². The molecule has 0 bridgehead atoms. The zero-order chi connectivity index (χ0) is 16.4. The Bertz CT molecular complexity index is 619. The first kappa shape index (κ1) is 16.4. The molecule has 5 nitrogen and oxygen atoms in total. The summed E-state index contributed by atoms with van der Waals surface area (Å²) in [5.41, 5.74) is 0. The Hall–Kier alpha value is -1.46. The molecule has 1 aromatic rings. The third-order valence-electron chi connectivity index (χ3n) is 4.05. The van der Waals surface area contributed by atoms with E-state index in [-0.39, 0.29) is 24.5 Å². The second kappa shape index (κ2) is 6.97. The summed E-state index contributed by atoms with van der Waals surface area (Å²) in [6.45, 7) is 0.470. The highest BCUT2D eigenvalue weighted by molar-refractivity contribution is 6.42. The molecular weight excluding hydrogens is 339 g/mol. The molecule has 1 unspecified atom stereocenters. The van der Waals surface area contributed by atoms with E-state index in [1.807, 2.05) is 0 Å². The number of rotatable bonds is 5. The second-order valence-electron chi connectivity index (χ2n) is 5.89. The number of amides is 2. The van der Waals surface area contributed by atoms with Crippen molar-refractivity contribution in [2.75, 3.05) is 13.2 Å². The Morgan fingerprint density at radius 3 is 2.70 bits per heavy atom. The van der Waals surface area contributed by atoms with E-state index >= 15 is 0 Å². The lowest BCUT2D eigenvalue weighted by Crippen LogP contribution is -2.47. The van der Waals surface area contributed by atoms with E-state index in [9.17, 15) is 9.59 Å². The maximum absolute atomic E-state index is 12.3. The van der Waals surface area contributed by atoms with E-state index in [0.29, 0.717) is 34.8 Å². The number of nitrogens with zero attached hydrogens (tertiary/aromatic N) is 1. The lowest BCUT2D eigenvalue weighted by Gasteiger charge is -2.24. The van der Waals surface area contributed by atoms with Crippen LogP contribution in [0.3, 0.4) is 0 Å². The van der Waals surface area contributed by atoms with Gasteiger partial charge in [0.2, 0.25) is 5.91 Å². The van der Waals surface area contributed by atoms with Crippen molar-refractivity contribution in [1.29, 1.82) is 0 Å². The number of carbonyl (C=O) groups excluding carboxylic acids is 2. The van der Waals surface area contributed by atoms with Gasteiger partial charge in [0.15, 0.2) is 6.61 Å². The highest BCUT2D eigenvalue weighted by atomic mass is 35.5. The third kappa shape index (κ3) is 4.09. The van der Waals surface area contributed by atoms with Gasteiger partial charge >= 0.3 is 0 Å². The normalized spacial score (nSPS) is 20.4. The zero-order valence-corrected chi connectivity index (χ0v) is 14.1. The number of hydrogen-bond donors (Lipinski definition) is 1. The van der Waals surface area contributed by atoms with E-state index < -0.39 is 0 Å². The van der Waals surface area contributed by atoms with Gasteiger partial charge in [-0.2, -0.15) is 0 Å². The van der Waals surface area contributed by atoms with Crippen LogP contribution in [0.1, 0.15) is 25.7 Å². The average Bonchev–Trinajstić information content (AvgIpc) is 3.20. The van der Waals surface area contributed by atoms with Crippen LogP contribution < -0.4 is 10.1 Å². The molecule has 1 N–H and O–H groups in total. The van der Waals surface area contributed by atoms with E-state index in [4.69, 9.17) is 27.9 Å². The minimum absolute atomic E-state index is 0.0483. The van der Waals surface area contributed by atoms with Crippen LogP contribution in [0.2, 0.25) is 10.0 Å². The van der Waals surface area contributed by atoms with Crippen LogP contribution >= 0.6 is 23.2 Å². The number of ether oxygens (including phenoxy) is 1. The van der Waals surface area contributed by atoms with Crippen molar-refractivity contribution in [2.24, 2.45) is 0 Å². The first-order chi connectivity index (χ1) is 11.0. The number of benzene rings is 1. The first-order valence-electron chi connectivity index (χ1n) is 7.72. The molecule has 2 fully saturated rings. The molecule has 1 saturated carbocycles. The molecule has 0 spiro atoms. The van der Waals surface area contributed by atoms with Gasteiger partial charge in [-0.3, -0.25) is 9.59 Å². The summed E-state index contributed by atoms with van der Waals surface area (Å²) < 4.78 is 5.47. The summed E-state index contributed by atoms with van der Waals surface area (Å²) in [6.07, 6.45) is 3.61. The Morgan fingerprint density at radius 2 is 2.00 bits per heavy atom. The van der Waals surface area contributed by atoms with Crippen molar-refractivity contribution in [1.82, 2.24) is 10.2 Å². The van der Waals surface area contributed by atoms with Gasteiger partial charge in [-0.05, 0) is 37.8 Å². The van der Waals surface area contributed by atoms with Gasteiger partial charge in [-0.25, -0.2) is 0 Å². The maximum atomic E-state index is 12.3. The lowest BCUT2D eigenvalue weighted by molar-refractivity contribution is -0.140. The van der Waals surface area contributed by atoms with Gasteiger partial charge in [-0.15, -0.1) is 0 Å². The molecule has 0 radical (unpaired) electrons. The summed E-state index contributed by atoms with van der Waals surface area (Å²) >= 11 is 11.8. The average molecular weight is 357 g/mol. The highest BCUT2D eigenvalue weighted by Crippen LogP contribution is 2.27. The molecule has 1 saturated heterocycles. The predicted molar refractivity (Wildman–Crippen MR) is 87.9 cm³/mol. The lowest BCUT2D eigenvalue weighted by atomic mass is 10.2. The fourth-order valence-electron chi connectivity index (χ4n) is 2.66. The van der Waals surface area contributed by atoms with Gasteiger partial charge in [0.05, 0.1) is 10.0 Å². The second-order valence-corrected chi connectivity index (χ2v) is 6.71. The van der Waals surface area contributed by atoms with E-state index in [1.165, 1.54) is 0 Å². The molecule has 3 rings (SSSR count).